The first-order chi connectivity index (χ1) is 15.1. The molecule has 0 aliphatic heterocycles. The van der Waals surface area contributed by atoms with Crippen LogP contribution in [0.3, 0.4) is 0 Å². The van der Waals surface area contributed by atoms with Crippen LogP contribution in [0.4, 0.5) is 17.1 Å². The lowest BCUT2D eigenvalue weighted by Crippen LogP contribution is -2.39. The second-order valence-corrected chi connectivity index (χ2v) is 10.7. The number of anilines is 3. The van der Waals surface area contributed by atoms with Gasteiger partial charge >= 0.3 is 0 Å². The molecule has 0 spiro atoms. The fraction of sp³-hybridized carbons (Fsp3) is 0.391. The molecule has 1 unspecified atom stereocenters. The maximum absolute atomic E-state index is 12.5. The number of phenolic OH excluding ortho intramolecular Hbond substituents is 1. The van der Waals surface area contributed by atoms with Crippen molar-refractivity contribution >= 4 is 40.6 Å². The molecule has 0 amide bonds. The highest BCUT2D eigenvalue weighted by Crippen LogP contribution is 2.46. The summed E-state index contributed by atoms with van der Waals surface area (Å²) in [5, 5.41) is 17.4. The van der Waals surface area contributed by atoms with Gasteiger partial charge < -0.3 is 20.2 Å². The van der Waals surface area contributed by atoms with Crippen molar-refractivity contribution in [2.24, 2.45) is 5.41 Å². The summed E-state index contributed by atoms with van der Waals surface area (Å²) in [4.78, 5) is 25.4. The molecule has 0 radical (unpaired) electrons. The van der Waals surface area contributed by atoms with Gasteiger partial charge in [-0.05, 0) is 62.5 Å². The van der Waals surface area contributed by atoms with Gasteiger partial charge in [-0.1, -0.05) is 25.4 Å². The van der Waals surface area contributed by atoms with Gasteiger partial charge in [0.1, 0.15) is 17.1 Å². The lowest BCUT2D eigenvalue weighted by molar-refractivity contribution is 0.284. The first-order valence-electron chi connectivity index (χ1n) is 10.4. The molecule has 4 rings (SSSR count). The standard InChI is InChI=1S/C23H26ClN3O4S/c1-23(2)10-5-6-15-12(9-11-31-15)22(23)26-17-16(19(29)20(17)30)25-14-8-7-13(24)21(18(14)28)32-27(3)4/h7-9,11,22,25-26,28H,5-6,10H2,1-4H3. The summed E-state index contributed by atoms with van der Waals surface area (Å²) in [5.41, 5.74) is 0.307. The summed E-state index contributed by atoms with van der Waals surface area (Å²) in [6.07, 6.45) is 4.42. The van der Waals surface area contributed by atoms with Gasteiger partial charge in [-0.2, -0.15) is 0 Å². The van der Waals surface area contributed by atoms with Crippen molar-refractivity contribution in [2.75, 3.05) is 24.7 Å². The van der Waals surface area contributed by atoms with Crippen LogP contribution in [0.2, 0.25) is 5.02 Å². The van der Waals surface area contributed by atoms with Crippen LogP contribution in [0.1, 0.15) is 44.1 Å². The molecule has 32 heavy (non-hydrogen) atoms. The van der Waals surface area contributed by atoms with E-state index in [0.717, 1.165) is 30.6 Å². The minimum atomic E-state index is -0.623. The molecular formula is C23H26ClN3O4S. The smallest absolute Gasteiger partial charge is 0.253 e. The maximum atomic E-state index is 12.5. The van der Waals surface area contributed by atoms with Gasteiger partial charge in [0.2, 0.25) is 0 Å². The minimum Gasteiger partial charge on any atom is -0.505 e. The highest BCUT2D eigenvalue weighted by molar-refractivity contribution is 7.97. The molecule has 2 aromatic carbocycles. The van der Waals surface area contributed by atoms with Gasteiger partial charge in [0, 0.05) is 12.0 Å². The zero-order chi connectivity index (χ0) is 23.2. The van der Waals surface area contributed by atoms with E-state index in [1.165, 1.54) is 11.9 Å². The molecule has 3 N–H and O–H groups in total. The zero-order valence-corrected chi connectivity index (χ0v) is 20.0. The van der Waals surface area contributed by atoms with Crippen LogP contribution in [0, 0.1) is 5.41 Å². The Balaban J connectivity index is 1.68. The van der Waals surface area contributed by atoms with Crippen LogP contribution < -0.4 is 21.5 Å². The lowest BCUT2D eigenvalue weighted by atomic mass is 9.78. The number of benzene rings is 1. The normalized spacial score (nSPS) is 17.9. The molecule has 1 heterocycles. The molecule has 9 heteroatoms. The number of aromatic hydroxyl groups is 1. The lowest BCUT2D eigenvalue weighted by Gasteiger charge is -2.35. The number of nitrogens with one attached hydrogen (secondary N) is 2. The van der Waals surface area contributed by atoms with Gasteiger partial charge in [0.05, 0.1) is 27.9 Å². The van der Waals surface area contributed by atoms with Gasteiger partial charge in [-0.3, -0.25) is 13.9 Å². The van der Waals surface area contributed by atoms with Crippen molar-refractivity contribution in [1.29, 1.82) is 0 Å². The van der Waals surface area contributed by atoms with Crippen LogP contribution in [0.5, 0.6) is 5.75 Å². The highest BCUT2D eigenvalue weighted by atomic mass is 35.5. The van der Waals surface area contributed by atoms with Crippen molar-refractivity contribution in [2.45, 2.75) is 44.0 Å². The monoisotopic (exact) mass is 475 g/mol. The molecule has 7 nitrogen and oxygen atoms in total. The van der Waals surface area contributed by atoms with Gasteiger partial charge in [-0.15, -0.1) is 0 Å². The Morgan fingerprint density at radius 2 is 1.91 bits per heavy atom. The highest BCUT2D eigenvalue weighted by Gasteiger charge is 2.37. The van der Waals surface area contributed by atoms with E-state index >= 15 is 0 Å². The van der Waals surface area contributed by atoms with E-state index in [1.807, 2.05) is 20.2 Å². The largest absolute Gasteiger partial charge is 0.505 e. The Hall–Kier alpha value is -2.42. The number of furan rings is 1. The van der Waals surface area contributed by atoms with Crippen LogP contribution in [0.15, 0.2) is 43.4 Å². The topological polar surface area (TPSA) is 94.8 Å². The Bertz CT molecular complexity index is 1230. The Morgan fingerprint density at radius 3 is 2.62 bits per heavy atom. The summed E-state index contributed by atoms with van der Waals surface area (Å²) in [7, 11) is 3.66. The number of halogens is 1. The van der Waals surface area contributed by atoms with E-state index in [-0.39, 0.29) is 28.6 Å². The molecule has 1 atom stereocenters. The van der Waals surface area contributed by atoms with Crippen molar-refractivity contribution in [3.63, 3.8) is 0 Å². The van der Waals surface area contributed by atoms with Gasteiger partial charge in [0.15, 0.2) is 5.75 Å². The quantitative estimate of drug-likeness (QED) is 0.197. The predicted octanol–water partition coefficient (Wildman–Crippen LogP) is 5.06. The summed E-state index contributed by atoms with van der Waals surface area (Å²) in [6.45, 7) is 4.28. The van der Waals surface area contributed by atoms with E-state index in [9.17, 15) is 14.7 Å². The molecule has 3 aromatic rings. The molecule has 1 aliphatic carbocycles. The van der Waals surface area contributed by atoms with Crippen LogP contribution in [0.25, 0.3) is 0 Å². The van der Waals surface area contributed by atoms with Gasteiger partial charge in [-0.25, -0.2) is 0 Å². The second-order valence-electron chi connectivity index (χ2n) is 8.93. The first kappa shape index (κ1) is 22.8. The Morgan fingerprint density at radius 1 is 1.19 bits per heavy atom. The summed E-state index contributed by atoms with van der Waals surface area (Å²) in [6, 6.07) is 4.96. The third kappa shape index (κ3) is 4.02. The fourth-order valence-corrected chi connectivity index (χ4v) is 5.17. The van der Waals surface area contributed by atoms with Crippen molar-refractivity contribution in [3.8, 4) is 5.75 Å². The zero-order valence-electron chi connectivity index (χ0n) is 18.4. The first-order valence-corrected chi connectivity index (χ1v) is 11.5. The van der Waals surface area contributed by atoms with Crippen molar-refractivity contribution in [3.05, 3.63) is 61.3 Å². The van der Waals surface area contributed by atoms with Gasteiger partial charge in [0.25, 0.3) is 10.9 Å². The molecular weight excluding hydrogens is 450 g/mol. The third-order valence-electron chi connectivity index (χ3n) is 5.91. The number of aryl methyl sites for hydroxylation is 1. The van der Waals surface area contributed by atoms with Crippen molar-refractivity contribution < 1.29 is 9.52 Å². The number of hydrogen-bond acceptors (Lipinski definition) is 8. The number of rotatable bonds is 6. The molecule has 1 aliphatic rings. The molecule has 170 valence electrons. The third-order valence-corrected chi connectivity index (χ3v) is 7.30. The predicted molar refractivity (Wildman–Crippen MR) is 129 cm³/mol. The van der Waals surface area contributed by atoms with Crippen LogP contribution in [-0.2, 0) is 6.42 Å². The molecule has 1 aromatic heterocycles. The maximum Gasteiger partial charge on any atom is 0.253 e. The van der Waals surface area contributed by atoms with E-state index in [1.54, 1.807) is 22.7 Å². The molecule has 0 saturated heterocycles. The van der Waals surface area contributed by atoms with E-state index in [4.69, 9.17) is 16.0 Å². The summed E-state index contributed by atoms with van der Waals surface area (Å²) >= 11 is 7.50. The molecule has 0 bridgehead atoms. The second kappa shape index (κ2) is 8.50. The van der Waals surface area contributed by atoms with E-state index < -0.39 is 10.9 Å². The summed E-state index contributed by atoms with van der Waals surface area (Å²) < 4.78 is 7.46. The Labute approximate surface area is 195 Å². The molecule has 0 saturated carbocycles. The number of fused-ring (bicyclic) bond motifs is 1. The SMILES string of the molecule is CN(C)Sc1c(Cl)ccc(Nc2c(NC3c4ccoc4CCCC3(C)C)c(=O)c2=O)c1O. The number of phenols is 1. The number of hydrogen-bond donors (Lipinski definition) is 3. The number of nitrogens with zero attached hydrogens (tertiary/aromatic N) is 1. The van der Waals surface area contributed by atoms with Crippen LogP contribution >= 0.6 is 23.5 Å². The van der Waals surface area contributed by atoms with Crippen molar-refractivity contribution in [1.82, 2.24) is 4.31 Å². The van der Waals surface area contributed by atoms with E-state index in [2.05, 4.69) is 24.5 Å². The Kier molecular flexibility index (Phi) is 6.04. The average Bonchev–Trinajstić information content (AvgIpc) is 3.14. The molecule has 0 fully saturated rings. The minimum absolute atomic E-state index is 0.0814. The van der Waals surface area contributed by atoms with Crippen LogP contribution in [-0.4, -0.2) is 23.5 Å². The average molecular weight is 476 g/mol. The van der Waals surface area contributed by atoms with E-state index in [0.29, 0.717) is 15.6 Å². The fourth-order valence-electron chi connectivity index (χ4n) is 4.20. The summed E-state index contributed by atoms with van der Waals surface area (Å²) in [5.74, 6) is 0.823.